The number of para-hydroxylation sites is 2. The molecule has 1 atom stereocenters. The molecule has 0 spiro atoms. The maximum absolute atomic E-state index is 13.3. The van der Waals surface area contributed by atoms with Crippen molar-refractivity contribution in [1.29, 1.82) is 0 Å². The Morgan fingerprint density at radius 1 is 0.933 bits per heavy atom. The molecule has 0 aliphatic carbocycles. The number of carbonyl (C=O) groups excluding carboxylic acids is 1. The lowest BCUT2D eigenvalue weighted by atomic mass is 9.90. The smallest absolute Gasteiger partial charge is 0.245 e. The molecular formula is C25H34N4O. The van der Waals surface area contributed by atoms with E-state index in [1.54, 1.807) is 0 Å². The Labute approximate surface area is 180 Å². The van der Waals surface area contributed by atoms with E-state index in [4.69, 9.17) is 0 Å². The summed E-state index contributed by atoms with van der Waals surface area (Å²) in [5.74, 6) is 0.929. The van der Waals surface area contributed by atoms with Crippen molar-refractivity contribution in [2.24, 2.45) is 5.92 Å². The van der Waals surface area contributed by atoms with Crippen LogP contribution in [0.3, 0.4) is 0 Å². The molecule has 2 saturated heterocycles. The molecular weight excluding hydrogens is 372 g/mol. The van der Waals surface area contributed by atoms with Crippen LogP contribution in [0.1, 0.15) is 19.8 Å². The van der Waals surface area contributed by atoms with E-state index < -0.39 is 0 Å². The van der Waals surface area contributed by atoms with Crippen LogP contribution in [0.5, 0.6) is 0 Å². The molecule has 2 aliphatic rings. The van der Waals surface area contributed by atoms with E-state index in [1.165, 1.54) is 12.8 Å². The Balaban J connectivity index is 1.37. The third-order valence-electron chi connectivity index (χ3n) is 6.69. The lowest BCUT2D eigenvalue weighted by Crippen LogP contribution is -2.54. The zero-order valence-corrected chi connectivity index (χ0v) is 18.0. The summed E-state index contributed by atoms with van der Waals surface area (Å²) in [5.41, 5.74) is 1.85. The Bertz CT molecular complexity index is 744. The van der Waals surface area contributed by atoms with E-state index in [0.717, 1.165) is 56.6 Å². The number of piperidine rings is 1. The van der Waals surface area contributed by atoms with Crippen molar-refractivity contribution in [3.05, 3.63) is 60.7 Å². The third kappa shape index (κ3) is 5.09. The molecule has 1 amide bonds. The average Bonchev–Trinajstić information content (AvgIpc) is 2.81. The summed E-state index contributed by atoms with van der Waals surface area (Å²) in [6, 6.07) is 20.6. The van der Waals surface area contributed by atoms with Gasteiger partial charge in [0.2, 0.25) is 5.91 Å². The molecule has 2 aromatic carbocycles. The van der Waals surface area contributed by atoms with Crippen molar-refractivity contribution in [1.82, 2.24) is 15.1 Å². The maximum Gasteiger partial charge on any atom is 0.245 e. The molecule has 2 aliphatic heterocycles. The van der Waals surface area contributed by atoms with Gasteiger partial charge in [0, 0.05) is 43.6 Å². The van der Waals surface area contributed by atoms with Crippen molar-refractivity contribution in [3.63, 3.8) is 0 Å². The molecule has 160 valence electrons. The van der Waals surface area contributed by atoms with E-state index >= 15 is 0 Å². The molecule has 0 bridgehead atoms. The van der Waals surface area contributed by atoms with Crippen LogP contribution in [0.2, 0.25) is 0 Å². The van der Waals surface area contributed by atoms with Gasteiger partial charge >= 0.3 is 0 Å². The highest BCUT2D eigenvalue weighted by molar-refractivity contribution is 6.01. The van der Waals surface area contributed by atoms with Crippen molar-refractivity contribution in [2.45, 2.75) is 25.8 Å². The topological polar surface area (TPSA) is 38.8 Å². The molecule has 1 unspecified atom stereocenters. The van der Waals surface area contributed by atoms with Gasteiger partial charge in [0.1, 0.15) is 0 Å². The van der Waals surface area contributed by atoms with Gasteiger partial charge in [-0.1, -0.05) is 36.4 Å². The maximum atomic E-state index is 13.3. The van der Waals surface area contributed by atoms with Gasteiger partial charge in [-0.3, -0.25) is 19.5 Å². The minimum atomic E-state index is 0.132. The lowest BCUT2D eigenvalue weighted by Gasteiger charge is -2.42. The van der Waals surface area contributed by atoms with Gasteiger partial charge in [0.05, 0.1) is 6.54 Å². The highest BCUT2D eigenvalue weighted by Crippen LogP contribution is 2.26. The first-order valence-corrected chi connectivity index (χ1v) is 11.3. The molecule has 4 rings (SSSR count). The van der Waals surface area contributed by atoms with Gasteiger partial charge < -0.3 is 5.32 Å². The molecule has 2 heterocycles. The second kappa shape index (κ2) is 10.2. The van der Waals surface area contributed by atoms with Crippen LogP contribution < -0.4 is 10.2 Å². The molecule has 0 radical (unpaired) electrons. The standard InChI is InChI=1S/C25H34N4O/c1-21(22-12-14-26-15-13-22)28-18-16-27(17-19-28)20-25(30)29(23-8-4-2-5-9-23)24-10-6-3-7-11-24/h2-11,21-22,26H,12-20H2,1H3. The number of nitrogens with zero attached hydrogens (tertiary/aromatic N) is 3. The normalized spacial score (nSPS) is 20.0. The number of hydrogen-bond acceptors (Lipinski definition) is 4. The molecule has 0 saturated carbocycles. The average molecular weight is 407 g/mol. The highest BCUT2D eigenvalue weighted by atomic mass is 16.2. The Kier molecular flexibility index (Phi) is 7.16. The number of rotatable bonds is 6. The van der Waals surface area contributed by atoms with E-state index in [2.05, 4.69) is 22.0 Å². The zero-order chi connectivity index (χ0) is 20.8. The molecule has 2 fully saturated rings. The summed E-state index contributed by atoms with van der Waals surface area (Å²) in [7, 11) is 0. The van der Waals surface area contributed by atoms with Gasteiger partial charge in [-0.15, -0.1) is 0 Å². The largest absolute Gasteiger partial charge is 0.317 e. The molecule has 5 heteroatoms. The van der Waals surface area contributed by atoms with Crippen molar-refractivity contribution < 1.29 is 4.79 Å². The van der Waals surface area contributed by atoms with Gasteiger partial charge in [-0.25, -0.2) is 0 Å². The minimum absolute atomic E-state index is 0.132. The van der Waals surface area contributed by atoms with Crippen LogP contribution in [0.15, 0.2) is 60.7 Å². The number of amides is 1. The van der Waals surface area contributed by atoms with Crippen molar-refractivity contribution in [2.75, 3.05) is 50.7 Å². The fourth-order valence-corrected chi connectivity index (χ4v) is 4.81. The minimum Gasteiger partial charge on any atom is -0.317 e. The number of piperazine rings is 1. The van der Waals surface area contributed by atoms with Crippen LogP contribution in [-0.2, 0) is 4.79 Å². The monoisotopic (exact) mass is 406 g/mol. The SMILES string of the molecule is CC(C1CCNCC1)N1CCN(CC(=O)N(c2ccccc2)c2ccccc2)CC1. The molecule has 30 heavy (non-hydrogen) atoms. The third-order valence-corrected chi connectivity index (χ3v) is 6.69. The van der Waals surface area contributed by atoms with Crippen LogP contribution >= 0.6 is 0 Å². The first-order valence-electron chi connectivity index (χ1n) is 11.3. The predicted molar refractivity (Wildman–Crippen MR) is 123 cm³/mol. The summed E-state index contributed by atoms with van der Waals surface area (Å²) in [6.07, 6.45) is 2.56. The van der Waals surface area contributed by atoms with Gasteiger partial charge in [-0.2, -0.15) is 0 Å². The second-order valence-electron chi connectivity index (χ2n) is 8.54. The number of nitrogens with one attached hydrogen (secondary N) is 1. The molecule has 0 aromatic heterocycles. The van der Waals surface area contributed by atoms with Crippen molar-refractivity contribution >= 4 is 17.3 Å². The van der Waals surface area contributed by atoms with E-state index in [0.29, 0.717) is 12.6 Å². The number of benzene rings is 2. The van der Waals surface area contributed by atoms with E-state index in [9.17, 15) is 4.79 Å². The first-order chi connectivity index (χ1) is 14.7. The van der Waals surface area contributed by atoms with Crippen LogP contribution in [0.4, 0.5) is 11.4 Å². The van der Waals surface area contributed by atoms with E-state index in [1.807, 2.05) is 65.6 Å². The summed E-state index contributed by atoms with van der Waals surface area (Å²) < 4.78 is 0. The van der Waals surface area contributed by atoms with Gasteiger partial charge in [0.25, 0.3) is 0 Å². The van der Waals surface area contributed by atoms with Crippen LogP contribution in [0, 0.1) is 5.92 Å². The highest BCUT2D eigenvalue weighted by Gasteiger charge is 2.29. The van der Waals surface area contributed by atoms with Gasteiger partial charge in [-0.05, 0) is 63.0 Å². The molecule has 5 nitrogen and oxygen atoms in total. The Hall–Kier alpha value is -2.21. The van der Waals surface area contributed by atoms with Crippen LogP contribution in [0.25, 0.3) is 0 Å². The number of carbonyl (C=O) groups is 1. The second-order valence-corrected chi connectivity index (χ2v) is 8.54. The zero-order valence-electron chi connectivity index (χ0n) is 18.0. The molecule has 1 N–H and O–H groups in total. The Morgan fingerprint density at radius 2 is 1.47 bits per heavy atom. The summed E-state index contributed by atoms with van der Waals surface area (Å²) >= 11 is 0. The Morgan fingerprint density at radius 3 is 2.00 bits per heavy atom. The van der Waals surface area contributed by atoms with Crippen molar-refractivity contribution in [3.8, 4) is 0 Å². The lowest BCUT2D eigenvalue weighted by molar-refractivity contribution is -0.119. The van der Waals surface area contributed by atoms with Crippen LogP contribution in [-0.4, -0.2) is 67.6 Å². The number of hydrogen-bond donors (Lipinski definition) is 1. The summed E-state index contributed by atoms with van der Waals surface area (Å²) in [5, 5.41) is 3.47. The summed E-state index contributed by atoms with van der Waals surface area (Å²) in [4.78, 5) is 20.1. The predicted octanol–water partition coefficient (Wildman–Crippen LogP) is 3.36. The fraction of sp³-hybridized carbons (Fsp3) is 0.480. The number of anilines is 2. The molecule has 2 aromatic rings. The quantitative estimate of drug-likeness (QED) is 0.799. The van der Waals surface area contributed by atoms with Gasteiger partial charge in [0.15, 0.2) is 0 Å². The fourth-order valence-electron chi connectivity index (χ4n) is 4.81. The first kappa shape index (κ1) is 21.0. The van der Waals surface area contributed by atoms with E-state index in [-0.39, 0.29) is 5.91 Å². The summed E-state index contributed by atoms with van der Waals surface area (Å²) in [6.45, 7) is 9.17.